The zero-order chi connectivity index (χ0) is 41.7. The van der Waals surface area contributed by atoms with Gasteiger partial charge in [0.1, 0.15) is 31.0 Å². The Labute approximate surface area is 317 Å². The summed E-state index contributed by atoms with van der Waals surface area (Å²) in [5.41, 5.74) is -7.61. The van der Waals surface area contributed by atoms with Gasteiger partial charge < -0.3 is 28.4 Å². The lowest BCUT2D eigenvalue weighted by molar-refractivity contribution is -0.193. The van der Waals surface area contributed by atoms with Gasteiger partial charge in [-0.2, -0.15) is 0 Å². The number of rotatable bonds is 25. The minimum atomic E-state index is -1.21. The predicted octanol–water partition coefficient (Wildman–Crippen LogP) is 8.32. The lowest BCUT2D eigenvalue weighted by atomic mass is 9.71. The molecule has 0 saturated heterocycles. The monoisotopic (exact) mass is 743 g/mol. The van der Waals surface area contributed by atoms with Crippen LogP contribution in [-0.4, -0.2) is 95.4 Å². The van der Waals surface area contributed by atoms with Crippen LogP contribution in [0.2, 0.25) is 0 Å². The van der Waals surface area contributed by atoms with E-state index in [1.807, 2.05) is 111 Å². The van der Waals surface area contributed by atoms with Gasteiger partial charge in [0.15, 0.2) is 23.1 Å². The van der Waals surface area contributed by atoms with Crippen molar-refractivity contribution in [3.05, 3.63) is 0 Å². The summed E-state index contributed by atoms with van der Waals surface area (Å²) < 4.78 is 36.6. The van der Waals surface area contributed by atoms with E-state index < -0.39 is 56.5 Å². The molecule has 2 atom stereocenters. The van der Waals surface area contributed by atoms with Crippen LogP contribution in [0.25, 0.3) is 0 Å². The Morgan fingerprint density at radius 1 is 0.481 bits per heavy atom. The van der Waals surface area contributed by atoms with E-state index in [2.05, 4.69) is 0 Å². The minimum absolute atomic E-state index is 0.0298. The van der Waals surface area contributed by atoms with E-state index in [-0.39, 0.29) is 55.2 Å². The van der Waals surface area contributed by atoms with E-state index in [0.717, 1.165) is 0 Å². The Morgan fingerprint density at radius 2 is 0.827 bits per heavy atom. The maximum Gasteiger partial charge on any atom is 0.192 e. The van der Waals surface area contributed by atoms with Gasteiger partial charge in [0.25, 0.3) is 0 Å². The zero-order valence-corrected chi connectivity index (χ0v) is 37.2. The van der Waals surface area contributed by atoms with Gasteiger partial charge in [-0.1, -0.05) is 41.5 Å². The molecule has 0 rings (SSSR count). The maximum absolute atomic E-state index is 13.9. The van der Waals surface area contributed by atoms with E-state index in [4.69, 9.17) is 28.4 Å². The molecule has 0 spiro atoms. The van der Waals surface area contributed by atoms with Gasteiger partial charge in [-0.05, 0) is 117 Å². The summed E-state index contributed by atoms with van der Waals surface area (Å²) in [6.45, 7) is 40.3. The van der Waals surface area contributed by atoms with Crippen molar-refractivity contribution < 1.29 is 47.6 Å². The zero-order valence-electron chi connectivity index (χ0n) is 37.2. The Balaban J connectivity index is 5.59. The molecule has 0 aliphatic carbocycles. The SMILES string of the molecule is CC(C)OCC(=O)C(C)(C)C(C)(C)OC(C)C(=O)C(C)(C)OC(C)(C)CCOC(C)(C)C(C)(C)C(=O)C(C)OC(C)(C)C(C)(C)C(=O)COC(C)C. The fraction of sp³-hybridized carbons (Fsp3) is 0.905. The van der Waals surface area contributed by atoms with Crippen LogP contribution in [0.1, 0.15) is 159 Å². The van der Waals surface area contributed by atoms with Crippen molar-refractivity contribution in [2.75, 3.05) is 19.8 Å². The molecule has 2 unspecified atom stereocenters. The van der Waals surface area contributed by atoms with Crippen LogP contribution in [0.3, 0.4) is 0 Å². The molecule has 10 nitrogen and oxygen atoms in total. The van der Waals surface area contributed by atoms with E-state index in [0.29, 0.717) is 6.42 Å². The van der Waals surface area contributed by atoms with Crippen LogP contribution in [0.5, 0.6) is 0 Å². The maximum atomic E-state index is 13.9. The molecular formula is C42H78O10. The second kappa shape index (κ2) is 17.9. The summed E-state index contributed by atoms with van der Waals surface area (Å²) >= 11 is 0. The Bertz CT molecular complexity index is 1220. The molecular weight excluding hydrogens is 664 g/mol. The lowest BCUT2D eigenvalue weighted by Gasteiger charge is -2.45. The molecule has 0 amide bonds. The van der Waals surface area contributed by atoms with Crippen LogP contribution < -0.4 is 0 Å². The largest absolute Gasteiger partial charge is 0.374 e. The van der Waals surface area contributed by atoms with Crippen LogP contribution in [0, 0.1) is 16.2 Å². The smallest absolute Gasteiger partial charge is 0.192 e. The first-order chi connectivity index (χ1) is 22.9. The van der Waals surface area contributed by atoms with Crippen LogP contribution >= 0.6 is 0 Å². The fourth-order valence-corrected chi connectivity index (χ4v) is 5.62. The number of ketones is 4. The van der Waals surface area contributed by atoms with Gasteiger partial charge in [0.05, 0.1) is 57.5 Å². The number of carbonyl (C=O) groups is 4. The minimum Gasteiger partial charge on any atom is -0.374 e. The highest BCUT2D eigenvalue weighted by Gasteiger charge is 2.51. The molecule has 0 saturated carbocycles. The van der Waals surface area contributed by atoms with Gasteiger partial charge in [-0.15, -0.1) is 0 Å². The molecule has 0 heterocycles. The first kappa shape index (κ1) is 50.4. The highest BCUT2D eigenvalue weighted by Crippen LogP contribution is 2.41. The molecule has 0 aromatic carbocycles. The van der Waals surface area contributed by atoms with Crippen LogP contribution in [0.15, 0.2) is 0 Å². The standard InChI is InChI=1S/C42H78O10/c1-27(2)47-25-31(43)36(9,10)41(19,20)50-29(5)33(45)38(13,14)40(17,18)49-24-23-35(7,8)52-39(15,16)34(46)30(6)51-42(21,22)37(11,12)32(44)26-48-28(3)4/h27-30H,23-26H2,1-22H3. The average molecular weight is 743 g/mol. The first-order valence-corrected chi connectivity index (χ1v) is 19.0. The molecule has 0 fully saturated rings. The molecule has 0 radical (unpaired) electrons. The summed E-state index contributed by atoms with van der Waals surface area (Å²) in [7, 11) is 0. The van der Waals surface area contributed by atoms with E-state index >= 15 is 0 Å². The van der Waals surface area contributed by atoms with Gasteiger partial charge in [-0.3, -0.25) is 19.2 Å². The van der Waals surface area contributed by atoms with Crippen molar-refractivity contribution in [1.29, 1.82) is 0 Å². The van der Waals surface area contributed by atoms with E-state index in [9.17, 15) is 19.2 Å². The van der Waals surface area contributed by atoms with Gasteiger partial charge in [0, 0.05) is 0 Å². The van der Waals surface area contributed by atoms with Crippen molar-refractivity contribution in [1.82, 2.24) is 0 Å². The molecule has 306 valence electrons. The molecule has 0 N–H and O–H groups in total. The summed E-state index contributed by atoms with van der Waals surface area (Å²) in [5.74, 6) is -0.608. The van der Waals surface area contributed by atoms with E-state index in [1.54, 1.807) is 41.5 Å². The third kappa shape index (κ3) is 13.0. The number of ether oxygens (including phenoxy) is 6. The lowest BCUT2D eigenvalue weighted by Crippen LogP contribution is -2.55. The molecule has 0 aromatic rings. The molecule has 0 bridgehead atoms. The van der Waals surface area contributed by atoms with Crippen molar-refractivity contribution in [2.45, 2.75) is 211 Å². The number of Topliss-reactive ketones (excluding diaryl/α,β-unsaturated/α-hetero) is 4. The van der Waals surface area contributed by atoms with E-state index in [1.165, 1.54) is 0 Å². The molecule has 0 aromatic heterocycles. The van der Waals surface area contributed by atoms with Gasteiger partial charge >= 0.3 is 0 Å². The quantitative estimate of drug-likeness (QED) is 0.0902. The average Bonchev–Trinajstić information content (AvgIpc) is 2.95. The second-order valence-electron chi connectivity index (χ2n) is 19.2. The highest BCUT2D eigenvalue weighted by atomic mass is 16.5. The summed E-state index contributed by atoms with van der Waals surface area (Å²) in [6.07, 6.45) is -1.39. The van der Waals surface area contributed by atoms with Crippen molar-refractivity contribution in [2.24, 2.45) is 16.2 Å². The topological polar surface area (TPSA) is 124 Å². The van der Waals surface area contributed by atoms with Crippen molar-refractivity contribution in [3.63, 3.8) is 0 Å². The second-order valence-corrected chi connectivity index (χ2v) is 19.2. The first-order valence-electron chi connectivity index (χ1n) is 19.0. The predicted molar refractivity (Wildman–Crippen MR) is 207 cm³/mol. The highest BCUT2D eigenvalue weighted by molar-refractivity contribution is 5.91. The van der Waals surface area contributed by atoms with Crippen LogP contribution in [-0.2, 0) is 47.6 Å². The number of hydrogen-bond acceptors (Lipinski definition) is 10. The van der Waals surface area contributed by atoms with Crippen LogP contribution in [0.4, 0.5) is 0 Å². The Hall–Kier alpha value is -1.56. The summed E-state index contributed by atoms with van der Waals surface area (Å²) in [4.78, 5) is 53.8. The number of hydrogen-bond donors (Lipinski definition) is 0. The normalized spacial score (nSPS) is 15.6. The number of carbonyl (C=O) groups excluding carboxylic acids is 4. The van der Waals surface area contributed by atoms with Crippen molar-refractivity contribution in [3.8, 4) is 0 Å². The van der Waals surface area contributed by atoms with Gasteiger partial charge in [-0.25, -0.2) is 0 Å². The molecule has 52 heavy (non-hydrogen) atoms. The molecule has 0 aliphatic rings. The Kier molecular flexibility index (Phi) is 17.4. The van der Waals surface area contributed by atoms with Gasteiger partial charge in [0.2, 0.25) is 0 Å². The summed E-state index contributed by atoms with van der Waals surface area (Å²) in [6, 6.07) is 0. The third-order valence-electron chi connectivity index (χ3n) is 11.6. The molecule has 0 aliphatic heterocycles. The van der Waals surface area contributed by atoms with Crippen molar-refractivity contribution >= 4 is 23.1 Å². The fourth-order valence-electron chi connectivity index (χ4n) is 5.62. The molecule has 10 heteroatoms. The third-order valence-corrected chi connectivity index (χ3v) is 11.6. The summed E-state index contributed by atoms with van der Waals surface area (Å²) in [5, 5.41) is 0. The Morgan fingerprint density at radius 3 is 1.17 bits per heavy atom.